The molecule has 0 bridgehead atoms. The molecule has 0 spiro atoms. The Morgan fingerprint density at radius 3 is 1.60 bits per heavy atom. The average molecular weight is 695 g/mol. The number of fused-ring (bicyclic) bond motifs is 6. The minimum Gasteiger partial charge on any atom is -0.465 e. The SMILES string of the molecule is CC(C)C1CCC2C(CCC3C(C)(COCCC(=O)CCC(=O)OCC4(C)CCCC5(C)C6CCC(C(C)C)CC6CC[C@H]45)CCCC23C)C1. The molecule has 0 aromatic rings. The molecule has 286 valence electrons. The number of ether oxygens (including phenoxy) is 2. The fraction of sp³-hybridized carbons (Fsp3) is 0.957. The summed E-state index contributed by atoms with van der Waals surface area (Å²) in [5, 5.41) is 0. The molecule has 0 aliphatic heterocycles. The molecule has 0 N–H and O–H groups in total. The second kappa shape index (κ2) is 15.5. The van der Waals surface area contributed by atoms with Gasteiger partial charge in [0.2, 0.25) is 0 Å². The quantitative estimate of drug-likeness (QED) is 0.151. The van der Waals surface area contributed by atoms with E-state index in [-0.39, 0.29) is 35.4 Å². The van der Waals surface area contributed by atoms with Crippen LogP contribution in [-0.2, 0) is 19.1 Å². The van der Waals surface area contributed by atoms with Crippen molar-refractivity contribution in [2.75, 3.05) is 19.8 Å². The van der Waals surface area contributed by atoms with Gasteiger partial charge in [0.25, 0.3) is 0 Å². The lowest BCUT2D eigenvalue weighted by molar-refractivity contribution is -0.164. The molecular formula is C46H78O4. The molecule has 11 unspecified atom stereocenters. The van der Waals surface area contributed by atoms with Gasteiger partial charge >= 0.3 is 5.97 Å². The molecule has 4 nitrogen and oxygen atoms in total. The second-order valence-corrected chi connectivity index (χ2v) is 21.2. The summed E-state index contributed by atoms with van der Waals surface area (Å²) < 4.78 is 12.4. The first-order chi connectivity index (χ1) is 23.7. The molecule has 6 aliphatic rings. The Kier molecular flexibility index (Phi) is 12.0. The van der Waals surface area contributed by atoms with E-state index in [4.69, 9.17) is 9.47 Å². The van der Waals surface area contributed by atoms with Crippen molar-refractivity contribution >= 4 is 11.8 Å². The normalized spacial score (nSPS) is 44.5. The Morgan fingerprint density at radius 2 is 1.10 bits per heavy atom. The number of hydrogen-bond acceptors (Lipinski definition) is 4. The summed E-state index contributed by atoms with van der Waals surface area (Å²) in [6.07, 6.45) is 22.5. The third-order valence-corrected chi connectivity index (χ3v) is 17.6. The molecule has 0 radical (unpaired) electrons. The van der Waals surface area contributed by atoms with E-state index in [1.807, 2.05) is 0 Å². The number of carbonyl (C=O) groups is 2. The Labute approximate surface area is 308 Å². The molecule has 0 heterocycles. The Hall–Kier alpha value is -0.900. The number of esters is 1. The first kappa shape index (κ1) is 38.8. The highest BCUT2D eigenvalue weighted by Gasteiger charge is 2.58. The first-order valence-corrected chi connectivity index (χ1v) is 21.9. The Bertz CT molecular complexity index is 1180. The summed E-state index contributed by atoms with van der Waals surface area (Å²) >= 11 is 0. The molecule has 6 rings (SSSR count). The van der Waals surface area contributed by atoms with Gasteiger partial charge in [-0.2, -0.15) is 0 Å². The van der Waals surface area contributed by atoms with Gasteiger partial charge < -0.3 is 9.47 Å². The summed E-state index contributed by atoms with van der Waals surface area (Å²) in [5.74, 6) is 8.27. The van der Waals surface area contributed by atoms with Gasteiger partial charge in [0.15, 0.2) is 0 Å². The fourth-order valence-electron chi connectivity index (χ4n) is 14.7. The molecule has 6 saturated carbocycles. The number of carbonyl (C=O) groups excluding carboxylic acids is 2. The highest BCUT2D eigenvalue weighted by Crippen LogP contribution is 2.66. The van der Waals surface area contributed by atoms with E-state index in [1.54, 1.807) is 0 Å². The van der Waals surface area contributed by atoms with Crippen LogP contribution in [0.2, 0.25) is 0 Å². The minimum absolute atomic E-state index is 0.0540. The largest absolute Gasteiger partial charge is 0.465 e. The van der Waals surface area contributed by atoms with Gasteiger partial charge in [-0.1, -0.05) is 68.2 Å². The Morgan fingerprint density at radius 1 is 0.600 bits per heavy atom. The maximum absolute atomic E-state index is 13.0. The van der Waals surface area contributed by atoms with Crippen LogP contribution in [0.15, 0.2) is 0 Å². The molecule has 6 fully saturated rings. The summed E-state index contributed by atoms with van der Waals surface area (Å²) in [5.41, 5.74) is 1.08. The van der Waals surface area contributed by atoms with E-state index < -0.39 is 0 Å². The zero-order valence-corrected chi connectivity index (χ0v) is 34.0. The van der Waals surface area contributed by atoms with E-state index in [0.717, 1.165) is 66.3 Å². The van der Waals surface area contributed by atoms with Crippen molar-refractivity contribution in [2.24, 2.45) is 80.8 Å². The van der Waals surface area contributed by atoms with Crippen molar-refractivity contribution in [3.63, 3.8) is 0 Å². The average Bonchev–Trinajstić information content (AvgIpc) is 3.07. The predicted molar refractivity (Wildman–Crippen MR) is 205 cm³/mol. The lowest BCUT2D eigenvalue weighted by Crippen LogP contribution is -2.55. The van der Waals surface area contributed by atoms with Gasteiger partial charge in [-0.15, -0.1) is 0 Å². The minimum atomic E-state index is -0.189. The summed E-state index contributed by atoms with van der Waals surface area (Å²) in [7, 11) is 0. The van der Waals surface area contributed by atoms with E-state index in [1.165, 1.54) is 96.3 Å². The van der Waals surface area contributed by atoms with Gasteiger partial charge in [-0.3, -0.25) is 9.59 Å². The Balaban J connectivity index is 0.920. The summed E-state index contributed by atoms with van der Waals surface area (Å²) in [6.45, 7) is 21.6. The van der Waals surface area contributed by atoms with Crippen LogP contribution in [0.25, 0.3) is 0 Å². The van der Waals surface area contributed by atoms with Crippen LogP contribution in [0.5, 0.6) is 0 Å². The van der Waals surface area contributed by atoms with E-state index >= 15 is 0 Å². The molecule has 6 aliphatic carbocycles. The number of hydrogen-bond donors (Lipinski definition) is 0. The molecule has 4 heteroatoms. The zero-order valence-electron chi connectivity index (χ0n) is 34.0. The van der Waals surface area contributed by atoms with Crippen LogP contribution in [-0.4, -0.2) is 31.6 Å². The molecule has 0 amide bonds. The van der Waals surface area contributed by atoms with Gasteiger partial charge in [0, 0.05) is 18.3 Å². The number of rotatable bonds is 12. The summed E-state index contributed by atoms with van der Waals surface area (Å²) in [6, 6.07) is 0. The summed E-state index contributed by atoms with van der Waals surface area (Å²) in [4.78, 5) is 25.9. The molecule has 0 saturated heterocycles. The van der Waals surface area contributed by atoms with Crippen LogP contribution in [0.3, 0.4) is 0 Å². The maximum atomic E-state index is 13.0. The maximum Gasteiger partial charge on any atom is 0.306 e. The van der Waals surface area contributed by atoms with Crippen LogP contribution < -0.4 is 0 Å². The van der Waals surface area contributed by atoms with E-state index in [2.05, 4.69) is 55.4 Å². The third kappa shape index (κ3) is 7.69. The molecule has 0 aromatic carbocycles. The van der Waals surface area contributed by atoms with Crippen LogP contribution >= 0.6 is 0 Å². The monoisotopic (exact) mass is 695 g/mol. The number of ketones is 1. The van der Waals surface area contributed by atoms with E-state index in [9.17, 15) is 9.59 Å². The van der Waals surface area contributed by atoms with Crippen molar-refractivity contribution in [1.82, 2.24) is 0 Å². The van der Waals surface area contributed by atoms with Crippen molar-refractivity contribution in [3.8, 4) is 0 Å². The van der Waals surface area contributed by atoms with Crippen molar-refractivity contribution in [1.29, 1.82) is 0 Å². The predicted octanol–water partition coefficient (Wildman–Crippen LogP) is 11.9. The molecular weight excluding hydrogens is 617 g/mol. The van der Waals surface area contributed by atoms with Crippen LogP contribution in [0.1, 0.15) is 177 Å². The molecule has 50 heavy (non-hydrogen) atoms. The van der Waals surface area contributed by atoms with Crippen molar-refractivity contribution < 1.29 is 19.1 Å². The lowest BCUT2D eigenvalue weighted by atomic mass is 9.44. The first-order valence-electron chi connectivity index (χ1n) is 21.9. The standard InChI is InChI=1S/C46H78O4/c1-31(2)33-11-16-38-35(27-33)13-18-40-43(5,22-9-24-45(38,40)7)29-49-26-21-37(47)15-20-42(48)50-30-44(6)23-10-25-46(8)39-17-12-34(32(3)4)28-36(39)14-19-41(44)46/h31-36,38-41H,9-30H2,1-8H3/t33?,34?,35?,36?,38?,39?,40?,41-,43?,44?,45?,46?/m1/s1. The highest BCUT2D eigenvalue weighted by molar-refractivity contribution is 5.82. The van der Waals surface area contributed by atoms with Gasteiger partial charge in [-0.05, 0) is 165 Å². The lowest BCUT2D eigenvalue weighted by Gasteiger charge is -2.62. The number of Topliss-reactive ketones (excluding diaryl/α,β-unsaturated/α-hetero) is 1. The fourth-order valence-corrected chi connectivity index (χ4v) is 14.7. The van der Waals surface area contributed by atoms with Crippen molar-refractivity contribution in [3.05, 3.63) is 0 Å². The van der Waals surface area contributed by atoms with Crippen molar-refractivity contribution in [2.45, 2.75) is 177 Å². The third-order valence-electron chi connectivity index (χ3n) is 17.6. The van der Waals surface area contributed by atoms with Gasteiger partial charge in [0.05, 0.1) is 26.2 Å². The second-order valence-electron chi connectivity index (χ2n) is 21.2. The van der Waals surface area contributed by atoms with Crippen LogP contribution in [0.4, 0.5) is 0 Å². The smallest absolute Gasteiger partial charge is 0.306 e. The topological polar surface area (TPSA) is 52.6 Å². The molecule has 12 atom stereocenters. The van der Waals surface area contributed by atoms with E-state index in [0.29, 0.717) is 36.4 Å². The van der Waals surface area contributed by atoms with Gasteiger partial charge in [0.1, 0.15) is 5.78 Å². The molecule has 0 aromatic heterocycles. The van der Waals surface area contributed by atoms with Crippen LogP contribution in [0, 0.1) is 80.8 Å². The van der Waals surface area contributed by atoms with Gasteiger partial charge in [-0.25, -0.2) is 0 Å². The zero-order chi connectivity index (χ0) is 35.9. The highest BCUT2D eigenvalue weighted by atomic mass is 16.5.